The summed E-state index contributed by atoms with van der Waals surface area (Å²) in [5, 5.41) is 11.2. The molecule has 0 aliphatic carbocycles. The molecule has 0 atom stereocenters. The van der Waals surface area contributed by atoms with Gasteiger partial charge in [0.15, 0.2) is 0 Å². The average molecular weight is 579 g/mol. The molecule has 0 spiro atoms. The summed E-state index contributed by atoms with van der Waals surface area (Å²) in [6, 6.07) is 41.6. The van der Waals surface area contributed by atoms with Crippen molar-refractivity contribution in [3.63, 3.8) is 0 Å². The maximum absolute atomic E-state index is 3.66. The van der Waals surface area contributed by atoms with Crippen LogP contribution in [-0.2, 0) is 5.41 Å². The Balaban J connectivity index is 0.000000987. The summed E-state index contributed by atoms with van der Waals surface area (Å²) in [4.78, 5) is 0. The summed E-state index contributed by atoms with van der Waals surface area (Å²) in [7, 11) is 0. The molecule has 0 aliphatic heterocycles. The van der Waals surface area contributed by atoms with Gasteiger partial charge in [0.25, 0.3) is 0 Å². The second-order valence-electron chi connectivity index (χ2n) is 10.6. The first-order chi connectivity index (χ1) is 19.5. The molecule has 0 saturated carbocycles. The van der Waals surface area contributed by atoms with E-state index in [1.165, 1.54) is 49.0 Å². The van der Waals surface area contributed by atoms with Gasteiger partial charge in [-0.15, -0.1) is 23.6 Å². The van der Waals surface area contributed by atoms with Crippen LogP contribution in [0.5, 0.6) is 0 Å². The molecule has 0 aliphatic rings. The predicted molar refractivity (Wildman–Crippen MR) is 185 cm³/mol. The van der Waals surface area contributed by atoms with E-state index in [9.17, 15) is 0 Å². The molecule has 0 bridgehead atoms. The van der Waals surface area contributed by atoms with Crippen molar-refractivity contribution in [2.75, 3.05) is 5.32 Å². The molecule has 0 saturated heterocycles. The van der Waals surface area contributed by atoms with Crippen LogP contribution in [0.25, 0.3) is 32.3 Å². The molecule has 1 N–H and O–H groups in total. The molecule has 0 heterocycles. The van der Waals surface area contributed by atoms with E-state index in [4.69, 9.17) is 0 Å². The van der Waals surface area contributed by atoms with Gasteiger partial charge in [-0.05, 0) is 28.5 Å². The molecule has 42 heavy (non-hydrogen) atoms. The predicted octanol–water partition coefficient (Wildman–Crippen LogP) is 9.29. The minimum absolute atomic E-state index is 0. The summed E-state index contributed by atoms with van der Waals surface area (Å²) in [6.07, 6.45) is 2.36. The Morgan fingerprint density at radius 2 is 1.02 bits per heavy atom. The Morgan fingerprint density at radius 3 is 1.55 bits per heavy atom. The Bertz CT molecular complexity index is 1650. The summed E-state index contributed by atoms with van der Waals surface area (Å²) >= 11 is 0. The molecule has 0 radical (unpaired) electrons. The van der Waals surface area contributed by atoms with Crippen LogP contribution < -0.4 is 56.7 Å². The second-order valence-corrected chi connectivity index (χ2v) is 10.6. The zero-order valence-electron chi connectivity index (χ0n) is 27.0. The Labute approximate surface area is 297 Å². The number of hydrogen-bond donors (Lipinski definition) is 1. The fourth-order valence-electron chi connectivity index (χ4n) is 5.13. The second kappa shape index (κ2) is 16.3. The molecule has 6 rings (SSSR count). The monoisotopic (exact) mass is 578 g/mol. The van der Waals surface area contributed by atoms with Gasteiger partial charge in [-0.3, -0.25) is 0 Å². The van der Waals surface area contributed by atoms with Crippen molar-refractivity contribution in [1.82, 2.24) is 0 Å². The summed E-state index contributed by atoms with van der Waals surface area (Å²) in [5.41, 5.74) is 6.20. The van der Waals surface area contributed by atoms with E-state index in [0.717, 1.165) is 11.4 Å². The average Bonchev–Trinajstić information content (AvgIpc) is 3.00. The van der Waals surface area contributed by atoms with Crippen LogP contribution in [0.1, 0.15) is 65.2 Å². The molecule has 6 aromatic rings. The molecular formula is C40H45KN-. The molecule has 0 amide bonds. The van der Waals surface area contributed by atoms with Crippen LogP contribution in [-0.4, -0.2) is 0 Å². The minimum atomic E-state index is 0. The topological polar surface area (TPSA) is 12.0 Å². The number of anilines is 2. The van der Waals surface area contributed by atoms with E-state index in [2.05, 4.69) is 148 Å². The van der Waals surface area contributed by atoms with E-state index in [0.29, 0.717) is 0 Å². The first-order valence-electron chi connectivity index (χ1n) is 14.6. The van der Waals surface area contributed by atoms with Crippen molar-refractivity contribution in [3.8, 4) is 0 Å². The third kappa shape index (κ3) is 7.86. The van der Waals surface area contributed by atoms with Crippen LogP contribution in [0.4, 0.5) is 11.4 Å². The third-order valence-corrected chi connectivity index (χ3v) is 7.10. The molecule has 0 aromatic heterocycles. The van der Waals surface area contributed by atoms with Crippen molar-refractivity contribution in [1.29, 1.82) is 0 Å². The van der Waals surface area contributed by atoms with Gasteiger partial charge in [-0.2, -0.15) is 0 Å². The maximum Gasteiger partial charge on any atom is 1.00 e. The van der Waals surface area contributed by atoms with Crippen molar-refractivity contribution in [3.05, 3.63) is 146 Å². The molecule has 1 nitrogen and oxygen atoms in total. The standard InChI is InChI=1S/C35H30N.2C2H6.CH3.K/c1-35(2,3)27-17-19-28(20-18-27)36-34-21-16-26(29-12-8-9-15-32(29)34)23-33-30-13-6-4-10-24(30)22-25-11-5-7-14-31(25)33;2*1-2;;/h4-23,36H,1-3H3;2*1-2H3;1H3;/q-1;;;-1;+1. The van der Waals surface area contributed by atoms with E-state index in [1.807, 2.05) is 27.7 Å². The number of fused-ring (bicyclic) bond motifs is 3. The van der Waals surface area contributed by atoms with Crippen LogP contribution in [0, 0.1) is 13.8 Å². The van der Waals surface area contributed by atoms with Gasteiger partial charge < -0.3 is 12.7 Å². The van der Waals surface area contributed by atoms with Gasteiger partial charge in [0, 0.05) is 11.4 Å². The third-order valence-electron chi connectivity index (χ3n) is 7.10. The fraction of sp³-hybridized carbons (Fsp3) is 0.200. The van der Waals surface area contributed by atoms with Crippen LogP contribution in [0.3, 0.4) is 0 Å². The Hall–Kier alpha value is -2.59. The molecule has 6 aromatic carbocycles. The van der Waals surface area contributed by atoms with Gasteiger partial charge in [-0.1, -0.05) is 172 Å². The molecule has 0 unspecified atom stereocenters. The van der Waals surface area contributed by atoms with E-state index < -0.39 is 0 Å². The zero-order valence-corrected chi connectivity index (χ0v) is 30.2. The van der Waals surface area contributed by atoms with Gasteiger partial charge in [-0.25, -0.2) is 0 Å². The van der Waals surface area contributed by atoms with Crippen LogP contribution >= 0.6 is 0 Å². The summed E-state index contributed by atoms with van der Waals surface area (Å²) in [5.74, 6) is 0. The Morgan fingerprint density at radius 1 is 0.548 bits per heavy atom. The normalized spacial score (nSPS) is 10.4. The van der Waals surface area contributed by atoms with Crippen LogP contribution in [0.2, 0.25) is 0 Å². The van der Waals surface area contributed by atoms with Crippen molar-refractivity contribution < 1.29 is 51.4 Å². The van der Waals surface area contributed by atoms with Gasteiger partial charge in [0.05, 0.1) is 0 Å². The molecule has 0 fully saturated rings. The minimum Gasteiger partial charge on any atom is -0.358 e. The molecule has 2 heteroatoms. The van der Waals surface area contributed by atoms with E-state index in [1.54, 1.807) is 0 Å². The Kier molecular flexibility index (Phi) is 13.8. The number of rotatable bonds is 4. The molecular weight excluding hydrogens is 534 g/mol. The summed E-state index contributed by atoms with van der Waals surface area (Å²) < 4.78 is 0. The molecule has 212 valence electrons. The van der Waals surface area contributed by atoms with Gasteiger partial charge in [0.2, 0.25) is 0 Å². The van der Waals surface area contributed by atoms with Gasteiger partial charge >= 0.3 is 51.4 Å². The van der Waals surface area contributed by atoms with Gasteiger partial charge in [0.1, 0.15) is 0 Å². The quantitative estimate of drug-likeness (QED) is 0.125. The first kappa shape index (κ1) is 35.6. The first-order valence-corrected chi connectivity index (χ1v) is 14.6. The number of nitrogens with one attached hydrogen (secondary N) is 1. The SMILES string of the molecule is CC.CC.CC(C)(C)c1ccc(Nc2ccc([CH-]c3c4ccccc4cc4ccccc34)c3ccccc23)cc1.[CH3-].[K+]. The van der Waals surface area contributed by atoms with Crippen molar-refractivity contribution in [2.45, 2.75) is 53.9 Å². The fourth-order valence-corrected chi connectivity index (χ4v) is 5.13. The number of hydrogen-bond acceptors (Lipinski definition) is 1. The smallest absolute Gasteiger partial charge is 0.358 e. The van der Waals surface area contributed by atoms with E-state index in [-0.39, 0.29) is 64.2 Å². The largest absolute Gasteiger partial charge is 1.00 e. The number of benzene rings is 6. The zero-order chi connectivity index (χ0) is 28.7. The van der Waals surface area contributed by atoms with Crippen LogP contribution in [0.15, 0.2) is 115 Å². The maximum atomic E-state index is 3.66. The van der Waals surface area contributed by atoms with Crippen molar-refractivity contribution in [2.24, 2.45) is 0 Å². The summed E-state index contributed by atoms with van der Waals surface area (Å²) in [6.45, 7) is 14.7. The van der Waals surface area contributed by atoms with E-state index >= 15 is 0 Å². The van der Waals surface area contributed by atoms with Crippen molar-refractivity contribution >= 4 is 43.7 Å².